The van der Waals surface area contributed by atoms with Gasteiger partial charge in [0.25, 0.3) is 11.8 Å². The van der Waals surface area contributed by atoms with Crippen LogP contribution in [-0.2, 0) is 0 Å². The van der Waals surface area contributed by atoms with E-state index in [4.69, 9.17) is 12.2 Å². The maximum atomic E-state index is 12.3. The number of β-amino-alcohol motifs (C(OH)–C–C–N with tert-alkyl or cyclic N) is 1. The SMILES string of the molecule is O=C1c2ccccc2C(=O)N1CC(O)CSC(=S)N1CCCCCC1. The van der Waals surface area contributed by atoms with Crippen molar-refractivity contribution in [3.8, 4) is 0 Å². The molecule has 134 valence electrons. The number of fused-ring (bicyclic) bond motifs is 1. The number of hydrogen-bond donors (Lipinski definition) is 1. The Labute approximate surface area is 157 Å². The first kappa shape index (κ1) is 18.4. The lowest BCUT2D eigenvalue weighted by Gasteiger charge is -2.24. The molecule has 3 rings (SSSR count). The van der Waals surface area contributed by atoms with E-state index in [-0.39, 0.29) is 18.4 Å². The van der Waals surface area contributed by atoms with Crippen molar-refractivity contribution < 1.29 is 14.7 Å². The first-order valence-electron chi connectivity index (χ1n) is 8.63. The third-order valence-electron chi connectivity index (χ3n) is 4.53. The summed E-state index contributed by atoms with van der Waals surface area (Å²) < 4.78 is 0.795. The summed E-state index contributed by atoms with van der Waals surface area (Å²) in [6.45, 7) is 1.95. The van der Waals surface area contributed by atoms with Gasteiger partial charge in [0.15, 0.2) is 0 Å². The van der Waals surface area contributed by atoms with Crippen LogP contribution in [0.4, 0.5) is 0 Å². The summed E-state index contributed by atoms with van der Waals surface area (Å²) >= 11 is 6.90. The molecule has 2 amide bonds. The lowest BCUT2D eigenvalue weighted by Crippen LogP contribution is -2.38. The molecule has 1 fully saturated rings. The third-order valence-corrected chi connectivity index (χ3v) is 6.20. The fraction of sp³-hybridized carbons (Fsp3) is 0.500. The Morgan fingerprint density at radius 2 is 1.64 bits per heavy atom. The van der Waals surface area contributed by atoms with Gasteiger partial charge in [0, 0.05) is 18.8 Å². The van der Waals surface area contributed by atoms with Gasteiger partial charge in [0.1, 0.15) is 4.32 Å². The summed E-state index contributed by atoms with van der Waals surface area (Å²) in [6, 6.07) is 6.76. The van der Waals surface area contributed by atoms with Crippen molar-refractivity contribution in [2.75, 3.05) is 25.4 Å². The van der Waals surface area contributed by atoms with E-state index in [1.165, 1.54) is 24.6 Å². The fourth-order valence-electron chi connectivity index (χ4n) is 3.18. The summed E-state index contributed by atoms with van der Waals surface area (Å²) in [7, 11) is 0. The molecular weight excluding hydrogens is 356 g/mol. The molecule has 0 radical (unpaired) electrons. The molecule has 7 heteroatoms. The Hall–Kier alpha value is -1.44. The van der Waals surface area contributed by atoms with Crippen molar-refractivity contribution in [1.82, 2.24) is 9.80 Å². The molecule has 1 N–H and O–H groups in total. The van der Waals surface area contributed by atoms with Crippen LogP contribution >= 0.6 is 24.0 Å². The van der Waals surface area contributed by atoms with Gasteiger partial charge in [0.2, 0.25) is 0 Å². The number of hydrogen-bond acceptors (Lipinski definition) is 5. The highest BCUT2D eigenvalue weighted by molar-refractivity contribution is 8.22. The number of rotatable bonds is 4. The van der Waals surface area contributed by atoms with Crippen LogP contribution < -0.4 is 0 Å². The van der Waals surface area contributed by atoms with Crippen LogP contribution in [-0.4, -0.2) is 62.5 Å². The van der Waals surface area contributed by atoms with Crippen molar-refractivity contribution >= 4 is 40.1 Å². The summed E-state index contributed by atoms with van der Waals surface area (Å²) in [5, 5.41) is 10.3. The minimum atomic E-state index is -0.794. The van der Waals surface area contributed by atoms with Crippen LogP contribution in [0.5, 0.6) is 0 Å². The first-order chi connectivity index (χ1) is 12.1. The van der Waals surface area contributed by atoms with Crippen LogP contribution in [0.3, 0.4) is 0 Å². The van der Waals surface area contributed by atoms with E-state index in [1.807, 2.05) is 0 Å². The molecular formula is C18H22N2O3S2. The van der Waals surface area contributed by atoms with E-state index in [0.717, 1.165) is 35.2 Å². The van der Waals surface area contributed by atoms with Crippen LogP contribution in [0.15, 0.2) is 24.3 Å². The number of thioether (sulfide) groups is 1. The Morgan fingerprint density at radius 1 is 1.08 bits per heavy atom. The van der Waals surface area contributed by atoms with E-state index in [0.29, 0.717) is 16.9 Å². The predicted molar refractivity (Wildman–Crippen MR) is 103 cm³/mol. The number of nitrogens with zero attached hydrogens (tertiary/aromatic N) is 2. The van der Waals surface area contributed by atoms with E-state index in [2.05, 4.69) is 4.90 Å². The monoisotopic (exact) mass is 378 g/mol. The van der Waals surface area contributed by atoms with Gasteiger partial charge in [-0.25, -0.2) is 0 Å². The average Bonchev–Trinajstić information content (AvgIpc) is 2.83. The zero-order chi connectivity index (χ0) is 17.8. The van der Waals surface area contributed by atoms with Crippen LogP contribution in [0.2, 0.25) is 0 Å². The Balaban J connectivity index is 1.51. The Kier molecular flexibility index (Phi) is 6.09. The molecule has 1 saturated heterocycles. The normalized spacial score (nSPS) is 18.9. The number of carbonyl (C=O) groups excluding carboxylic acids is 2. The fourth-order valence-corrected chi connectivity index (χ4v) is 4.37. The molecule has 1 atom stereocenters. The molecule has 5 nitrogen and oxygen atoms in total. The number of imide groups is 1. The zero-order valence-electron chi connectivity index (χ0n) is 14.0. The number of amides is 2. The second-order valence-corrected chi connectivity index (χ2v) is 8.05. The molecule has 2 aliphatic rings. The van der Waals surface area contributed by atoms with Crippen molar-refractivity contribution in [3.63, 3.8) is 0 Å². The zero-order valence-corrected chi connectivity index (χ0v) is 15.7. The number of likely N-dealkylation sites (tertiary alicyclic amines) is 1. The summed E-state index contributed by atoms with van der Waals surface area (Å²) in [5.74, 6) is -0.289. The highest BCUT2D eigenvalue weighted by Crippen LogP contribution is 2.23. The van der Waals surface area contributed by atoms with Gasteiger partial charge in [-0.2, -0.15) is 0 Å². The summed E-state index contributed by atoms with van der Waals surface area (Å²) in [5.41, 5.74) is 0.819. The summed E-state index contributed by atoms with van der Waals surface area (Å²) in [4.78, 5) is 28.0. The number of aliphatic hydroxyl groups excluding tert-OH is 1. The second-order valence-electron chi connectivity index (χ2n) is 6.40. The predicted octanol–water partition coefficient (Wildman–Crippen LogP) is 2.54. The van der Waals surface area contributed by atoms with Gasteiger partial charge in [0.05, 0.1) is 23.8 Å². The molecule has 1 aromatic rings. The lowest BCUT2D eigenvalue weighted by atomic mass is 10.1. The highest BCUT2D eigenvalue weighted by atomic mass is 32.2. The smallest absolute Gasteiger partial charge is 0.261 e. The Morgan fingerprint density at radius 3 is 2.20 bits per heavy atom. The molecule has 0 aliphatic carbocycles. The average molecular weight is 379 g/mol. The van der Waals surface area contributed by atoms with Crippen LogP contribution in [0, 0.1) is 0 Å². The lowest BCUT2D eigenvalue weighted by molar-refractivity contribution is 0.0567. The summed E-state index contributed by atoms with van der Waals surface area (Å²) in [6.07, 6.45) is 3.99. The van der Waals surface area contributed by atoms with Gasteiger partial charge < -0.3 is 10.0 Å². The maximum Gasteiger partial charge on any atom is 0.261 e. The highest BCUT2D eigenvalue weighted by Gasteiger charge is 2.36. The van der Waals surface area contributed by atoms with Crippen molar-refractivity contribution in [2.45, 2.75) is 31.8 Å². The van der Waals surface area contributed by atoms with Crippen molar-refractivity contribution in [1.29, 1.82) is 0 Å². The molecule has 1 aromatic carbocycles. The minimum absolute atomic E-state index is 0.00194. The third kappa shape index (κ3) is 4.22. The van der Waals surface area contributed by atoms with E-state index >= 15 is 0 Å². The second kappa shape index (κ2) is 8.29. The van der Waals surface area contributed by atoms with Gasteiger partial charge in [-0.1, -0.05) is 49.0 Å². The molecule has 0 aromatic heterocycles. The molecule has 2 heterocycles. The van der Waals surface area contributed by atoms with Crippen molar-refractivity contribution in [2.24, 2.45) is 0 Å². The molecule has 0 spiro atoms. The largest absolute Gasteiger partial charge is 0.390 e. The molecule has 0 bridgehead atoms. The standard InChI is InChI=1S/C18H22N2O3S2/c21-13(12-25-18(24)19-9-5-1-2-6-10-19)11-20-16(22)14-7-3-4-8-15(14)17(20)23/h3-4,7-8,13,21H,1-2,5-6,9-12H2. The van der Waals surface area contributed by atoms with E-state index in [9.17, 15) is 14.7 Å². The minimum Gasteiger partial charge on any atom is -0.390 e. The van der Waals surface area contributed by atoms with Crippen LogP contribution in [0.25, 0.3) is 0 Å². The Bertz CT molecular complexity index is 637. The number of thiocarbonyl (C=S) groups is 1. The molecule has 0 saturated carbocycles. The van der Waals surface area contributed by atoms with Gasteiger partial charge in [-0.15, -0.1) is 0 Å². The van der Waals surface area contributed by atoms with Crippen molar-refractivity contribution in [3.05, 3.63) is 35.4 Å². The van der Waals surface area contributed by atoms with Crippen LogP contribution in [0.1, 0.15) is 46.4 Å². The van der Waals surface area contributed by atoms with Gasteiger partial charge >= 0.3 is 0 Å². The van der Waals surface area contributed by atoms with Gasteiger partial charge in [-0.3, -0.25) is 14.5 Å². The molecule has 2 aliphatic heterocycles. The van der Waals surface area contributed by atoms with Gasteiger partial charge in [-0.05, 0) is 25.0 Å². The number of aliphatic hydroxyl groups is 1. The topological polar surface area (TPSA) is 60.9 Å². The van der Waals surface area contributed by atoms with E-state index < -0.39 is 6.10 Å². The quantitative estimate of drug-likeness (QED) is 0.642. The molecule has 25 heavy (non-hydrogen) atoms. The first-order valence-corrected chi connectivity index (χ1v) is 10.0. The maximum absolute atomic E-state index is 12.3. The molecule has 1 unspecified atom stereocenters. The number of carbonyl (C=O) groups is 2. The number of benzene rings is 1. The van der Waals surface area contributed by atoms with E-state index in [1.54, 1.807) is 24.3 Å².